The molecule has 2 heterocycles. The monoisotopic (exact) mass is 524 g/mol. The lowest BCUT2D eigenvalue weighted by molar-refractivity contribution is -0.386. The molecule has 0 spiro atoms. The molecule has 0 saturated heterocycles. The van der Waals surface area contributed by atoms with Crippen molar-refractivity contribution in [3.63, 3.8) is 0 Å². The predicted octanol–water partition coefficient (Wildman–Crippen LogP) is 4.95. The maximum Gasteiger partial charge on any atom is 0.315 e. The van der Waals surface area contributed by atoms with Crippen molar-refractivity contribution >= 4 is 35.0 Å². The van der Waals surface area contributed by atoms with Gasteiger partial charge in [0.05, 0.1) is 17.6 Å². The third-order valence-corrected chi connectivity index (χ3v) is 7.22. The molecule has 2 aromatic carbocycles. The number of fused-ring (bicyclic) bond motifs is 1. The van der Waals surface area contributed by atoms with Gasteiger partial charge in [-0.3, -0.25) is 14.9 Å². The molecule has 0 aliphatic carbocycles. The molecule has 3 aromatic rings. The minimum atomic E-state index is -0.877. The van der Waals surface area contributed by atoms with E-state index in [0.717, 1.165) is 23.3 Å². The van der Waals surface area contributed by atoms with E-state index in [4.69, 9.17) is 4.74 Å². The molecule has 1 aromatic heterocycles. The molecular formula is C25H28N6O5S. The molecule has 4 rings (SSSR count). The van der Waals surface area contributed by atoms with E-state index in [1.807, 2.05) is 39.0 Å². The Hall–Kier alpha value is -4.06. The average Bonchev–Trinajstić information content (AvgIpc) is 3.26. The third kappa shape index (κ3) is 4.96. The lowest BCUT2D eigenvalue weighted by atomic mass is 9.94. The minimum Gasteiger partial charge on any atom is -0.500 e. The van der Waals surface area contributed by atoms with Gasteiger partial charge in [-0.2, -0.15) is 4.98 Å². The summed E-state index contributed by atoms with van der Waals surface area (Å²) in [6.07, 6.45) is 0.924. The first-order valence-corrected chi connectivity index (χ1v) is 12.6. The molecule has 1 amide bonds. The van der Waals surface area contributed by atoms with Crippen molar-refractivity contribution in [1.82, 2.24) is 14.8 Å². The van der Waals surface area contributed by atoms with Gasteiger partial charge in [0, 0.05) is 23.2 Å². The molecule has 37 heavy (non-hydrogen) atoms. The Morgan fingerprint density at radius 2 is 2.08 bits per heavy atom. The van der Waals surface area contributed by atoms with Crippen molar-refractivity contribution in [2.24, 2.45) is 0 Å². The van der Waals surface area contributed by atoms with Crippen molar-refractivity contribution in [2.45, 2.75) is 45.3 Å². The number of carbonyl (C=O) groups excluding carboxylic acids is 1. The van der Waals surface area contributed by atoms with Crippen LogP contribution < -0.4 is 15.4 Å². The number of phenols is 1. The van der Waals surface area contributed by atoms with Gasteiger partial charge in [0.2, 0.25) is 16.9 Å². The molecule has 1 aliphatic heterocycles. The number of ether oxygens (including phenoxy) is 1. The first-order chi connectivity index (χ1) is 17.7. The topological polar surface area (TPSA) is 144 Å². The SMILES string of the molecule is CCCSc1nc2n(n1)C(c1cc(OC)c(O)c([N+](=O)[O-])c1)C(C(=O)Nc1cccc(C)c1C)=C(C)N2. The van der Waals surface area contributed by atoms with Crippen LogP contribution in [0.15, 0.2) is 46.8 Å². The number of hydrogen-bond donors (Lipinski definition) is 3. The number of amides is 1. The number of nitro groups is 1. The van der Waals surface area contributed by atoms with Crippen molar-refractivity contribution < 1.29 is 19.6 Å². The van der Waals surface area contributed by atoms with Gasteiger partial charge in [-0.15, -0.1) is 5.10 Å². The van der Waals surface area contributed by atoms with Gasteiger partial charge >= 0.3 is 5.69 Å². The number of thioether (sulfide) groups is 1. The zero-order valence-corrected chi connectivity index (χ0v) is 22.0. The van der Waals surface area contributed by atoms with Crippen LogP contribution in [0, 0.1) is 24.0 Å². The van der Waals surface area contributed by atoms with Gasteiger partial charge in [0.25, 0.3) is 5.91 Å². The standard InChI is InChI=1S/C25H28N6O5S/c1-6-10-37-25-28-24-26-15(4)20(23(33)27-17-9-7-8-13(2)14(17)3)21(30(24)29-25)16-11-18(31(34)35)22(32)19(12-16)36-5/h7-9,11-12,21,32H,6,10H2,1-5H3,(H,27,33)(H,26,28,29). The summed E-state index contributed by atoms with van der Waals surface area (Å²) in [5.74, 6) is 0.127. The number of anilines is 2. The summed E-state index contributed by atoms with van der Waals surface area (Å²) in [5.41, 5.74) is 3.23. The number of benzene rings is 2. The van der Waals surface area contributed by atoms with Crippen LogP contribution in [0.5, 0.6) is 11.5 Å². The Bertz CT molecular complexity index is 1420. The van der Waals surface area contributed by atoms with E-state index in [-0.39, 0.29) is 5.75 Å². The van der Waals surface area contributed by atoms with Crippen LogP contribution in [-0.2, 0) is 4.79 Å². The second-order valence-corrected chi connectivity index (χ2v) is 9.69. The smallest absolute Gasteiger partial charge is 0.315 e. The van der Waals surface area contributed by atoms with E-state index in [2.05, 4.69) is 20.7 Å². The highest BCUT2D eigenvalue weighted by molar-refractivity contribution is 7.99. The first-order valence-electron chi connectivity index (χ1n) is 11.7. The third-order valence-electron chi connectivity index (χ3n) is 6.18. The average molecular weight is 525 g/mol. The van der Waals surface area contributed by atoms with Gasteiger partial charge in [0.1, 0.15) is 6.04 Å². The van der Waals surface area contributed by atoms with Crippen LogP contribution in [0.1, 0.15) is 43.0 Å². The largest absolute Gasteiger partial charge is 0.500 e. The second kappa shape index (κ2) is 10.5. The van der Waals surface area contributed by atoms with Crippen LogP contribution in [-0.4, -0.2) is 43.6 Å². The van der Waals surface area contributed by atoms with E-state index in [1.54, 1.807) is 11.6 Å². The van der Waals surface area contributed by atoms with Crippen molar-refractivity contribution in [3.05, 3.63) is 68.4 Å². The van der Waals surface area contributed by atoms with E-state index in [1.165, 1.54) is 31.0 Å². The van der Waals surface area contributed by atoms with Gasteiger partial charge in [0.15, 0.2) is 5.75 Å². The Kier molecular flexibility index (Phi) is 7.39. The fourth-order valence-corrected chi connectivity index (χ4v) is 4.81. The lowest BCUT2D eigenvalue weighted by Crippen LogP contribution is -2.31. The predicted molar refractivity (Wildman–Crippen MR) is 141 cm³/mol. The fourth-order valence-electron chi connectivity index (χ4n) is 4.13. The van der Waals surface area contributed by atoms with Gasteiger partial charge in [-0.05, 0) is 56.0 Å². The van der Waals surface area contributed by atoms with Crippen LogP contribution in [0.25, 0.3) is 0 Å². The summed E-state index contributed by atoms with van der Waals surface area (Å²) in [4.78, 5) is 29.4. The lowest BCUT2D eigenvalue weighted by Gasteiger charge is -2.29. The van der Waals surface area contributed by atoms with Crippen molar-refractivity contribution in [2.75, 3.05) is 23.5 Å². The summed E-state index contributed by atoms with van der Waals surface area (Å²) in [6.45, 7) is 7.67. The maximum absolute atomic E-state index is 13.8. The first kappa shape index (κ1) is 26.0. The van der Waals surface area contributed by atoms with E-state index >= 15 is 0 Å². The number of hydrogen-bond acceptors (Lipinski definition) is 9. The zero-order valence-electron chi connectivity index (χ0n) is 21.2. The summed E-state index contributed by atoms with van der Waals surface area (Å²) in [6, 6.07) is 7.46. The molecule has 0 bridgehead atoms. The summed E-state index contributed by atoms with van der Waals surface area (Å²) in [5, 5.41) is 33.4. The highest BCUT2D eigenvalue weighted by atomic mass is 32.2. The Balaban J connectivity index is 1.88. The Labute approximate surface area is 218 Å². The van der Waals surface area contributed by atoms with E-state index in [9.17, 15) is 20.0 Å². The molecule has 194 valence electrons. The van der Waals surface area contributed by atoms with Crippen LogP contribution in [0.3, 0.4) is 0 Å². The molecule has 0 radical (unpaired) electrons. The summed E-state index contributed by atoms with van der Waals surface area (Å²) >= 11 is 1.47. The molecule has 1 aliphatic rings. The molecule has 11 nitrogen and oxygen atoms in total. The highest BCUT2D eigenvalue weighted by Crippen LogP contribution is 2.43. The van der Waals surface area contributed by atoms with Crippen molar-refractivity contribution in [1.29, 1.82) is 0 Å². The Morgan fingerprint density at radius 1 is 1.32 bits per heavy atom. The van der Waals surface area contributed by atoms with Crippen LogP contribution in [0.2, 0.25) is 0 Å². The zero-order chi connectivity index (χ0) is 26.9. The second-order valence-electron chi connectivity index (χ2n) is 8.63. The van der Waals surface area contributed by atoms with Gasteiger partial charge in [-0.25, -0.2) is 4.68 Å². The number of rotatable bonds is 8. The molecule has 1 atom stereocenters. The number of carbonyl (C=O) groups is 1. The number of nitro benzene ring substituents is 1. The number of aromatic hydroxyl groups is 1. The number of methoxy groups -OCH3 is 1. The normalized spacial score (nSPS) is 14.7. The Morgan fingerprint density at radius 3 is 2.76 bits per heavy atom. The number of allylic oxidation sites excluding steroid dienone is 1. The van der Waals surface area contributed by atoms with Crippen LogP contribution >= 0.6 is 11.8 Å². The number of aromatic nitrogens is 3. The fraction of sp³-hybridized carbons (Fsp3) is 0.320. The molecule has 3 N–H and O–H groups in total. The summed E-state index contributed by atoms with van der Waals surface area (Å²) in [7, 11) is 1.31. The number of phenolic OH excluding ortho intramolecular Hbond substituents is 1. The maximum atomic E-state index is 13.8. The summed E-state index contributed by atoms with van der Waals surface area (Å²) < 4.78 is 6.76. The molecular weight excluding hydrogens is 496 g/mol. The van der Waals surface area contributed by atoms with Crippen molar-refractivity contribution in [3.8, 4) is 11.5 Å². The van der Waals surface area contributed by atoms with Gasteiger partial charge in [-0.1, -0.05) is 30.8 Å². The molecule has 0 saturated carbocycles. The van der Waals surface area contributed by atoms with E-state index in [0.29, 0.717) is 33.6 Å². The number of nitrogens with one attached hydrogen (secondary N) is 2. The van der Waals surface area contributed by atoms with Gasteiger partial charge < -0.3 is 20.5 Å². The molecule has 0 fully saturated rings. The van der Waals surface area contributed by atoms with Crippen LogP contribution in [0.4, 0.5) is 17.3 Å². The minimum absolute atomic E-state index is 0.0862. The molecule has 12 heteroatoms. The number of aryl methyl sites for hydroxylation is 1. The van der Waals surface area contributed by atoms with E-state index < -0.39 is 28.3 Å². The quantitative estimate of drug-likeness (QED) is 0.212. The number of nitrogens with zero attached hydrogens (tertiary/aromatic N) is 4. The highest BCUT2D eigenvalue weighted by Gasteiger charge is 2.36. The molecule has 1 unspecified atom stereocenters.